The molecule has 0 atom stereocenters. The molecule has 3 rings (SSSR count). The molecule has 0 bridgehead atoms. The van der Waals surface area contributed by atoms with Gasteiger partial charge in [-0.3, -0.25) is 15.2 Å². The fourth-order valence-corrected chi connectivity index (χ4v) is 3.49. The van der Waals surface area contributed by atoms with Gasteiger partial charge in [-0.05, 0) is 38.2 Å². The third-order valence-electron chi connectivity index (χ3n) is 3.45. The number of anilines is 1. The summed E-state index contributed by atoms with van der Waals surface area (Å²) in [6.07, 6.45) is 6.48. The third-order valence-corrected chi connectivity index (χ3v) is 4.52. The molecule has 1 amide bonds. The van der Waals surface area contributed by atoms with Gasteiger partial charge >= 0.3 is 0 Å². The maximum atomic E-state index is 12.1. The Labute approximate surface area is 121 Å². The van der Waals surface area contributed by atoms with Crippen LogP contribution >= 0.6 is 11.3 Å². The molecule has 2 aromatic rings. The number of hydrogen-bond acceptors (Lipinski definition) is 4. The lowest BCUT2D eigenvalue weighted by atomic mass is 10.0. The summed E-state index contributed by atoms with van der Waals surface area (Å²) in [6.45, 7) is 2.10. The number of nitrogens with zero attached hydrogens (tertiary/aromatic N) is 2. The number of thiazole rings is 1. The predicted molar refractivity (Wildman–Crippen MR) is 79.3 cm³/mol. The van der Waals surface area contributed by atoms with Gasteiger partial charge in [-0.2, -0.15) is 5.10 Å². The lowest BCUT2D eigenvalue weighted by molar-refractivity contribution is 0.102. The normalized spacial score (nSPS) is 14.1. The first kappa shape index (κ1) is 13.3. The van der Waals surface area contributed by atoms with Gasteiger partial charge in [0.2, 0.25) is 0 Å². The second-order valence-electron chi connectivity index (χ2n) is 5.08. The van der Waals surface area contributed by atoms with Crippen LogP contribution in [0.2, 0.25) is 0 Å². The molecule has 0 aliphatic heterocycles. The van der Waals surface area contributed by atoms with E-state index in [1.165, 1.54) is 17.7 Å². The molecule has 2 N–H and O–H groups in total. The van der Waals surface area contributed by atoms with Crippen molar-refractivity contribution in [3.05, 3.63) is 28.0 Å². The van der Waals surface area contributed by atoms with E-state index in [2.05, 4.69) is 27.4 Å². The van der Waals surface area contributed by atoms with Crippen molar-refractivity contribution in [3.63, 3.8) is 0 Å². The summed E-state index contributed by atoms with van der Waals surface area (Å²) in [5.74, 6) is -0.185. The van der Waals surface area contributed by atoms with E-state index < -0.39 is 0 Å². The molecule has 0 unspecified atom stereocenters. The van der Waals surface area contributed by atoms with E-state index in [1.54, 1.807) is 11.3 Å². The largest absolute Gasteiger partial charge is 0.296 e. The molecule has 0 radical (unpaired) electrons. The Morgan fingerprint density at radius 2 is 2.30 bits per heavy atom. The lowest BCUT2D eigenvalue weighted by Crippen LogP contribution is -2.12. The number of hydrogen-bond donors (Lipinski definition) is 2. The Balaban J connectivity index is 1.70. The second-order valence-corrected chi connectivity index (χ2v) is 6.16. The highest BCUT2D eigenvalue weighted by molar-refractivity contribution is 7.15. The zero-order valence-electron chi connectivity index (χ0n) is 11.5. The summed E-state index contributed by atoms with van der Waals surface area (Å²) < 4.78 is 0. The number of carbonyl (C=O) groups is 1. The van der Waals surface area contributed by atoms with E-state index in [0.29, 0.717) is 10.8 Å². The monoisotopic (exact) mass is 290 g/mol. The van der Waals surface area contributed by atoms with Crippen LogP contribution in [0, 0.1) is 0 Å². The fraction of sp³-hybridized carbons (Fsp3) is 0.500. The van der Waals surface area contributed by atoms with Gasteiger partial charge < -0.3 is 0 Å². The molecular formula is C14H18N4OS. The first-order valence-corrected chi connectivity index (χ1v) is 7.92. The van der Waals surface area contributed by atoms with Gasteiger partial charge in [0.1, 0.15) is 0 Å². The van der Waals surface area contributed by atoms with Crippen molar-refractivity contribution < 1.29 is 4.79 Å². The molecular weight excluding hydrogens is 272 g/mol. The van der Waals surface area contributed by atoms with Gasteiger partial charge in [0.05, 0.1) is 5.69 Å². The molecule has 20 heavy (non-hydrogen) atoms. The van der Waals surface area contributed by atoms with E-state index in [-0.39, 0.29) is 5.91 Å². The summed E-state index contributed by atoms with van der Waals surface area (Å²) >= 11 is 1.59. The standard InChI is InChI=1S/C14H18N4OS/c1-2-5-9-8-11(18-17-9)13(19)16-14-15-10-6-3-4-7-12(10)20-14/h8H,2-7H2,1H3,(H,17,18)(H,15,16,19). The second kappa shape index (κ2) is 5.75. The SMILES string of the molecule is CCCc1cc(C(=O)Nc2nc3c(s2)CCCC3)n[nH]1. The number of carbonyl (C=O) groups excluding carboxylic acids is 1. The predicted octanol–water partition coefficient (Wildman–Crippen LogP) is 2.95. The number of H-pyrrole nitrogens is 1. The Hall–Kier alpha value is -1.69. The number of amides is 1. The molecule has 106 valence electrons. The van der Waals surface area contributed by atoms with E-state index in [0.717, 1.165) is 37.1 Å². The molecule has 2 heterocycles. The average molecular weight is 290 g/mol. The first-order valence-electron chi connectivity index (χ1n) is 7.10. The van der Waals surface area contributed by atoms with Crippen LogP contribution in [0.1, 0.15) is 52.9 Å². The maximum absolute atomic E-state index is 12.1. The quantitative estimate of drug-likeness (QED) is 0.909. The Bertz CT molecular complexity index is 593. The number of fused-ring (bicyclic) bond motifs is 1. The molecule has 1 aliphatic carbocycles. The Morgan fingerprint density at radius 3 is 3.10 bits per heavy atom. The lowest BCUT2D eigenvalue weighted by Gasteiger charge is -2.06. The summed E-state index contributed by atoms with van der Waals surface area (Å²) in [5.41, 5.74) is 2.59. The Kier molecular flexibility index (Phi) is 3.82. The molecule has 0 saturated heterocycles. The molecule has 6 heteroatoms. The number of aromatic amines is 1. The maximum Gasteiger partial charge on any atom is 0.277 e. The van der Waals surface area contributed by atoms with Gasteiger partial charge in [0, 0.05) is 10.6 Å². The fourth-order valence-electron chi connectivity index (χ4n) is 2.44. The zero-order valence-corrected chi connectivity index (χ0v) is 12.3. The highest BCUT2D eigenvalue weighted by atomic mass is 32.1. The van der Waals surface area contributed by atoms with E-state index >= 15 is 0 Å². The zero-order chi connectivity index (χ0) is 13.9. The van der Waals surface area contributed by atoms with E-state index in [9.17, 15) is 4.79 Å². The van der Waals surface area contributed by atoms with Gasteiger partial charge in [-0.1, -0.05) is 13.3 Å². The van der Waals surface area contributed by atoms with Gasteiger partial charge in [0.15, 0.2) is 10.8 Å². The topological polar surface area (TPSA) is 70.7 Å². The first-order chi connectivity index (χ1) is 9.76. The number of nitrogens with one attached hydrogen (secondary N) is 2. The summed E-state index contributed by atoms with van der Waals surface area (Å²) in [7, 11) is 0. The highest BCUT2D eigenvalue weighted by Crippen LogP contribution is 2.29. The third kappa shape index (κ3) is 2.75. The average Bonchev–Trinajstić information content (AvgIpc) is 3.04. The minimum absolute atomic E-state index is 0.185. The van der Waals surface area contributed by atoms with Crippen molar-refractivity contribution in [2.45, 2.75) is 45.4 Å². The van der Waals surface area contributed by atoms with Crippen molar-refractivity contribution in [1.29, 1.82) is 0 Å². The molecule has 1 aliphatic rings. The van der Waals surface area contributed by atoms with Crippen LogP contribution in [0.5, 0.6) is 0 Å². The minimum atomic E-state index is -0.185. The van der Waals surface area contributed by atoms with Crippen LogP contribution in [0.15, 0.2) is 6.07 Å². The van der Waals surface area contributed by atoms with Crippen LogP contribution in [0.3, 0.4) is 0 Å². The molecule has 2 aromatic heterocycles. The van der Waals surface area contributed by atoms with Crippen molar-refractivity contribution in [1.82, 2.24) is 15.2 Å². The van der Waals surface area contributed by atoms with E-state index in [4.69, 9.17) is 0 Å². The Morgan fingerprint density at radius 1 is 1.45 bits per heavy atom. The minimum Gasteiger partial charge on any atom is -0.296 e. The molecule has 0 aromatic carbocycles. The van der Waals surface area contributed by atoms with Gasteiger partial charge in [-0.15, -0.1) is 11.3 Å². The smallest absolute Gasteiger partial charge is 0.277 e. The molecule has 5 nitrogen and oxygen atoms in total. The van der Waals surface area contributed by atoms with Crippen LogP contribution < -0.4 is 5.32 Å². The summed E-state index contributed by atoms with van der Waals surface area (Å²) in [5, 5.41) is 10.5. The van der Waals surface area contributed by atoms with Gasteiger partial charge in [0.25, 0.3) is 5.91 Å². The van der Waals surface area contributed by atoms with Crippen molar-refractivity contribution in [3.8, 4) is 0 Å². The van der Waals surface area contributed by atoms with Gasteiger partial charge in [-0.25, -0.2) is 4.98 Å². The molecule has 0 saturated carbocycles. The van der Waals surface area contributed by atoms with Crippen LogP contribution in [0.25, 0.3) is 0 Å². The highest BCUT2D eigenvalue weighted by Gasteiger charge is 2.17. The van der Waals surface area contributed by atoms with Crippen molar-refractivity contribution in [2.24, 2.45) is 0 Å². The van der Waals surface area contributed by atoms with Crippen LogP contribution in [-0.4, -0.2) is 21.1 Å². The van der Waals surface area contributed by atoms with Crippen LogP contribution in [0.4, 0.5) is 5.13 Å². The summed E-state index contributed by atoms with van der Waals surface area (Å²) in [4.78, 5) is 17.9. The molecule has 0 fully saturated rings. The number of aryl methyl sites for hydroxylation is 3. The number of aromatic nitrogens is 3. The van der Waals surface area contributed by atoms with Crippen molar-refractivity contribution >= 4 is 22.4 Å². The summed E-state index contributed by atoms with van der Waals surface area (Å²) in [6, 6.07) is 1.81. The van der Waals surface area contributed by atoms with Crippen LogP contribution in [-0.2, 0) is 19.3 Å². The number of rotatable bonds is 4. The molecule has 0 spiro atoms. The van der Waals surface area contributed by atoms with E-state index in [1.807, 2.05) is 6.07 Å². The van der Waals surface area contributed by atoms with Crippen molar-refractivity contribution in [2.75, 3.05) is 5.32 Å².